The van der Waals surface area contributed by atoms with Gasteiger partial charge < -0.3 is 10.2 Å². The summed E-state index contributed by atoms with van der Waals surface area (Å²) >= 11 is 1.16. The molecule has 0 unspecified atom stereocenters. The molecule has 0 saturated carbocycles. The topological polar surface area (TPSA) is 121 Å². The minimum atomic E-state index is -1.22. The number of nitrogens with zero attached hydrogens (tertiary/aromatic N) is 5. The Hall–Kier alpha value is -1.94. The maximum atomic E-state index is 11.9. The fourth-order valence-corrected chi connectivity index (χ4v) is 3.70. The van der Waals surface area contributed by atoms with Gasteiger partial charge in [0.05, 0.1) is 12.0 Å². The number of tetrazole rings is 1. The fraction of sp³-hybridized carbons (Fsp3) is 0.444. The van der Waals surface area contributed by atoms with E-state index in [1.807, 2.05) is 0 Å². The number of carbonyl (C=O) groups is 2. The normalized spacial score (nSPS) is 27.3. The number of β-lactam (4-membered cyclic amide) rings is 1. The van der Waals surface area contributed by atoms with Crippen molar-refractivity contribution in [2.75, 3.05) is 0 Å². The molecule has 1 fully saturated rings. The third kappa shape index (κ3) is 1.56. The summed E-state index contributed by atoms with van der Waals surface area (Å²) in [7, 11) is 0. The van der Waals surface area contributed by atoms with Gasteiger partial charge in [0.25, 0.3) is 0 Å². The van der Waals surface area contributed by atoms with Crippen LogP contribution >= 0.6 is 11.8 Å². The van der Waals surface area contributed by atoms with E-state index in [0.717, 1.165) is 11.8 Å². The lowest BCUT2D eigenvalue weighted by atomic mass is 9.92. The molecule has 0 radical (unpaired) electrons. The molecular weight excluding hydrogens is 274 g/mol. The molecular formula is C9H9N5O4S. The van der Waals surface area contributed by atoms with E-state index in [4.69, 9.17) is 0 Å². The molecule has 0 spiro atoms. The molecule has 0 aliphatic carbocycles. The van der Waals surface area contributed by atoms with Gasteiger partial charge in [0.1, 0.15) is 16.7 Å². The van der Waals surface area contributed by atoms with Crippen LogP contribution in [0.4, 0.5) is 0 Å². The van der Waals surface area contributed by atoms with Gasteiger partial charge in [-0.2, -0.15) is 4.68 Å². The van der Waals surface area contributed by atoms with Gasteiger partial charge in [-0.05, 0) is 17.4 Å². The summed E-state index contributed by atoms with van der Waals surface area (Å²) in [4.78, 5) is 24.4. The number of rotatable bonds is 3. The molecule has 10 heteroatoms. The number of fused-ring (bicyclic) bond motifs is 1. The van der Waals surface area contributed by atoms with Crippen molar-refractivity contribution in [3.8, 4) is 0 Å². The van der Waals surface area contributed by atoms with Crippen LogP contribution in [0.25, 0.3) is 5.03 Å². The molecule has 1 aromatic heterocycles. The minimum absolute atomic E-state index is 0.149. The molecule has 1 aromatic rings. The van der Waals surface area contributed by atoms with Gasteiger partial charge in [-0.3, -0.25) is 9.69 Å². The quantitative estimate of drug-likeness (QED) is 0.663. The van der Waals surface area contributed by atoms with Crippen LogP contribution in [0.5, 0.6) is 0 Å². The number of amides is 1. The third-order valence-corrected chi connectivity index (χ3v) is 4.39. The van der Waals surface area contributed by atoms with Gasteiger partial charge in [-0.15, -0.1) is 5.10 Å². The highest BCUT2D eigenvalue weighted by Crippen LogP contribution is 2.51. The lowest BCUT2D eigenvalue weighted by molar-refractivity contribution is -0.156. The molecule has 3 atom stereocenters. The van der Waals surface area contributed by atoms with Crippen LogP contribution in [0.1, 0.15) is 6.92 Å². The van der Waals surface area contributed by atoms with Crippen molar-refractivity contribution in [2.45, 2.75) is 18.4 Å². The van der Waals surface area contributed by atoms with Crippen molar-refractivity contribution in [1.82, 2.24) is 25.1 Å². The SMILES string of the molecule is C[C@@H](O)[C@H]1C(=O)N2C(C(=O)O)=C(n3cnnn3)S[C@H]12. The summed E-state index contributed by atoms with van der Waals surface area (Å²) in [5, 5.41) is 29.2. The van der Waals surface area contributed by atoms with Crippen molar-refractivity contribution in [3.05, 3.63) is 12.0 Å². The van der Waals surface area contributed by atoms with Gasteiger partial charge in [0, 0.05) is 0 Å². The first-order valence-corrected chi connectivity index (χ1v) is 6.29. The zero-order chi connectivity index (χ0) is 13.7. The van der Waals surface area contributed by atoms with E-state index >= 15 is 0 Å². The Bertz CT molecular complexity index is 583. The Morgan fingerprint density at radius 2 is 2.32 bits per heavy atom. The summed E-state index contributed by atoms with van der Waals surface area (Å²) in [6.45, 7) is 1.51. The molecule has 3 heterocycles. The molecule has 0 aromatic carbocycles. The van der Waals surface area contributed by atoms with Gasteiger partial charge in [-0.1, -0.05) is 11.8 Å². The molecule has 3 rings (SSSR count). The van der Waals surface area contributed by atoms with Gasteiger partial charge >= 0.3 is 5.97 Å². The lowest BCUT2D eigenvalue weighted by Crippen LogP contribution is -2.60. The molecule has 9 nitrogen and oxygen atoms in total. The van der Waals surface area contributed by atoms with Crippen LogP contribution in [0.3, 0.4) is 0 Å². The van der Waals surface area contributed by atoms with Crippen LogP contribution in [0.15, 0.2) is 12.0 Å². The molecule has 19 heavy (non-hydrogen) atoms. The monoisotopic (exact) mass is 283 g/mol. The van der Waals surface area contributed by atoms with Gasteiger partial charge in [-0.25, -0.2) is 4.79 Å². The number of carboxylic acids is 1. The molecule has 100 valence electrons. The van der Waals surface area contributed by atoms with Crippen LogP contribution in [0.2, 0.25) is 0 Å². The van der Waals surface area contributed by atoms with Crippen molar-refractivity contribution in [2.24, 2.45) is 5.92 Å². The first-order chi connectivity index (χ1) is 9.02. The minimum Gasteiger partial charge on any atom is -0.476 e. The van der Waals surface area contributed by atoms with Crippen molar-refractivity contribution >= 4 is 28.7 Å². The van der Waals surface area contributed by atoms with Crippen molar-refractivity contribution < 1.29 is 19.8 Å². The van der Waals surface area contributed by atoms with Gasteiger partial charge in [0.2, 0.25) is 5.91 Å². The van der Waals surface area contributed by atoms with E-state index in [1.165, 1.54) is 22.8 Å². The summed E-state index contributed by atoms with van der Waals surface area (Å²) < 4.78 is 1.21. The largest absolute Gasteiger partial charge is 0.476 e. The van der Waals surface area contributed by atoms with Crippen LogP contribution < -0.4 is 0 Å². The Labute approximate surface area is 110 Å². The average molecular weight is 283 g/mol. The molecule has 0 bridgehead atoms. The summed E-state index contributed by atoms with van der Waals surface area (Å²) in [5.41, 5.74) is -0.149. The number of thioether (sulfide) groups is 1. The second-order valence-corrected chi connectivity index (χ2v) is 5.30. The number of aliphatic hydroxyl groups excluding tert-OH is 1. The Morgan fingerprint density at radius 1 is 1.58 bits per heavy atom. The summed E-state index contributed by atoms with van der Waals surface area (Å²) in [5.74, 6) is -2.22. The molecule has 2 N–H and O–H groups in total. The van der Waals surface area contributed by atoms with E-state index in [9.17, 15) is 19.8 Å². The zero-order valence-electron chi connectivity index (χ0n) is 9.66. The molecule has 1 saturated heterocycles. The van der Waals surface area contributed by atoms with E-state index in [-0.39, 0.29) is 10.7 Å². The van der Waals surface area contributed by atoms with Crippen molar-refractivity contribution in [3.63, 3.8) is 0 Å². The number of hydrogen-bond donors (Lipinski definition) is 2. The number of carbonyl (C=O) groups excluding carboxylic acids is 1. The van der Waals surface area contributed by atoms with E-state index in [1.54, 1.807) is 0 Å². The first-order valence-electron chi connectivity index (χ1n) is 5.41. The lowest BCUT2D eigenvalue weighted by Gasteiger charge is -2.43. The number of aromatic nitrogens is 4. The fourth-order valence-electron chi connectivity index (χ4n) is 2.18. The summed E-state index contributed by atoms with van der Waals surface area (Å²) in [6, 6.07) is 0. The van der Waals surface area contributed by atoms with Crippen molar-refractivity contribution in [1.29, 1.82) is 0 Å². The second kappa shape index (κ2) is 4.03. The number of carboxylic acid groups (broad SMARTS) is 1. The van der Waals surface area contributed by atoms with E-state index in [2.05, 4.69) is 15.5 Å². The highest BCUT2D eigenvalue weighted by Gasteiger charge is 2.58. The Morgan fingerprint density at radius 3 is 2.84 bits per heavy atom. The molecule has 1 amide bonds. The highest BCUT2D eigenvalue weighted by atomic mass is 32.2. The van der Waals surface area contributed by atoms with Gasteiger partial charge in [0.15, 0.2) is 5.70 Å². The maximum absolute atomic E-state index is 11.9. The van der Waals surface area contributed by atoms with Crippen LogP contribution in [0, 0.1) is 5.92 Å². The van der Waals surface area contributed by atoms with E-state index in [0.29, 0.717) is 0 Å². The standard InChI is InChI=1S/C9H9N5O4S/c1-3(15)4-6(16)14-5(9(17)18)8(19-7(4)14)13-2-10-11-12-13/h2-4,7,15H,1H3,(H,17,18)/t3-,4+,7-/m1/s1. The number of aliphatic carboxylic acids is 1. The third-order valence-electron chi connectivity index (χ3n) is 3.04. The maximum Gasteiger partial charge on any atom is 0.355 e. The predicted octanol–water partition coefficient (Wildman–Crippen LogP) is -1.20. The molecule has 2 aliphatic heterocycles. The number of aliphatic hydroxyl groups is 1. The van der Waals surface area contributed by atoms with Crippen LogP contribution in [-0.4, -0.2) is 58.7 Å². The second-order valence-electron chi connectivity index (χ2n) is 4.20. The predicted molar refractivity (Wildman–Crippen MR) is 62.1 cm³/mol. The highest BCUT2D eigenvalue weighted by molar-refractivity contribution is 8.08. The van der Waals surface area contributed by atoms with Crippen LogP contribution in [-0.2, 0) is 9.59 Å². The smallest absolute Gasteiger partial charge is 0.355 e. The molecule has 2 aliphatic rings. The average Bonchev–Trinajstić information content (AvgIpc) is 2.92. The Kier molecular flexibility index (Phi) is 2.57. The van der Waals surface area contributed by atoms with E-state index < -0.39 is 29.3 Å². The summed E-state index contributed by atoms with van der Waals surface area (Å²) in [6.07, 6.45) is 0.434. The first kappa shape index (κ1) is 12.1. The zero-order valence-corrected chi connectivity index (χ0v) is 10.5. The number of hydrogen-bond acceptors (Lipinski definition) is 7. The Balaban J connectivity index is 2.01.